The van der Waals surface area contributed by atoms with Gasteiger partial charge in [-0.25, -0.2) is 0 Å². The van der Waals surface area contributed by atoms with Crippen molar-refractivity contribution in [1.29, 1.82) is 5.41 Å². The Morgan fingerprint density at radius 1 is 1.08 bits per heavy atom. The van der Waals surface area contributed by atoms with Crippen molar-refractivity contribution < 1.29 is 0 Å². The molecule has 12 heavy (non-hydrogen) atoms. The Balaban J connectivity index is 0.000000561. The largest absolute Gasteiger partial charge is 0.308 e. The second-order valence-corrected chi connectivity index (χ2v) is 2.49. The highest BCUT2D eigenvalue weighted by atomic mass is 14.3. The lowest BCUT2D eigenvalue weighted by molar-refractivity contribution is 1.33. The molecule has 0 bridgehead atoms. The number of benzene rings is 1. The minimum absolute atomic E-state index is 0.975. The second kappa shape index (κ2) is 5.53. The van der Waals surface area contributed by atoms with Crippen molar-refractivity contribution in [2.24, 2.45) is 0 Å². The first kappa shape index (κ1) is 10.9. The van der Waals surface area contributed by atoms with Gasteiger partial charge in [-0.1, -0.05) is 32.0 Å². The van der Waals surface area contributed by atoms with Crippen LogP contribution in [0, 0.1) is 19.3 Å². The third kappa shape index (κ3) is 2.87. The summed E-state index contributed by atoms with van der Waals surface area (Å²) in [7, 11) is 0. The average molecular weight is 163 g/mol. The Hall–Kier alpha value is -1.11. The SMILES string of the molecule is CC.Cc1ccc(C=N)cc1C. The van der Waals surface area contributed by atoms with E-state index in [4.69, 9.17) is 5.41 Å². The minimum atomic E-state index is 0.975. The molecule has 0 fully saturated rings. The number of hydrogen-bond donors (Lipinski definition) is 1. The van der Waals surface area contributed by atoms with Crippen molar-refractivity contribution >= 4 is 6.21 Å². The Kier molecular flexibility index (Phi) is 5.02. The van der Waals surface area contributed by atoms with Gasteiger partial charge in [0.15, 0.2) is 0 Å². The maximum absolute atomic E-state index is 6.99. The molecule has 0 saturated carbocycles. The number of rotatable bonds is 1. The van der Waals surface area contributed by atoms with E-state index in [-0.39, 0.29) is 0 Å². The van der Waals surface area contributed by atoms with E-state index in [1.54, 1.807) is 0 Å². The summed E-state index contributed by atoms with van der Waals surface area (Å²) in [6.07, 6.45) is 1.37. The van der Waals surface area contributed by atoms with Gasteiger partial charge in [-0.05, 0) is 30.5 Å². The van der Waals surface area contributed by atoms with Crippen LogP contribution in [0.5, 0.6) is 0 Å². The molecule has 1 rings (SSSR count). The molecule has 1 aromatic carbocycles. The lowest BCUT2D eigenvalue weighted by Gasteiger charge is -1.98. The molecular weight excluding hydrogens is 146 g/mol. The highest BCUT2D eigenvalue weighted by molar-refractivity contribution is 5.77. The highest BCUT2D eigenvalue weighted by Crippen LogP contribution is 2.07. The number of aryl methyl sites for hydroxylation is 2. The van der Waals surface area contributed by atoms with Gasteiger partial charge >= 0.3 is 0 Å². The first-order valence-electron chi connectivity index (χ1n) is 4.32. The first-order chi connectivity index (χ1) is 5.74. The van der Waals surface area contributed by atoms with Crippen molar-refractivity contribution in [2.45, 2.75) is 27.7 Å². The Bertz CT molecular complexity index is 251. The van der Waals surface area contributed by atoms with Gasteiger partial charge in [-0.2, -0.15) is 0 Å². The van der Waals surface area contributed by atoms with Gasteiger partial charge in [0, 0.05) is 6.21 Å². The van der Waals surface area contributed by atoms with Crippen molar-refractivity contribution in [3.05, 3.63) is 34.9 Å². The standard InChI is InChI=1S/C9H11N.C2H6/c1-7-3-4-9(6-10)5-8(7)2;1-2/h3-6,10H,1-2H3;1-2H3. The normalized spacial score (nSPS) is 8.33. The van der Waals surface area contributed by atoms with Crippen LogP contribution >= 0.6 is 0 Å². The Morgan fingerprint density at radius 2 is 1.67 bits per heavy atom. The molecule has 0 aliphatic carbocycles. The van der Waals surface area contributed by atoms with Crippen molar-refractivity contribution in [1.82, 2.24) is 0 Å². The van der Waals surface area contributed by atoms with Crippen LogP contribution in [0.4, 0.5) is 0 Å². The molecule has 0 atom stereocenters. The highest BCUT2D eigenvalue weighted by Gasteiger charge is 1.91. The summed E-state index contributed by atoms with van der Waals surface area (Å²) in [6, 6.07) is 6.01. The molecule has 0 unspecified atom stereocenters. The fourth-order valence-corrected chi connectivity index (χ4v) is 0.854. The van der Waals surface area contributed by atoms with E-state index in [2.05, 4.69) is 13.8 Å². The van der Waals surface area contributed by atoms with E-state index in [1.807, 2.05) is 32.0 Å². The van der Waals surface area contributed by atoms with Gasteiger partial charge < -0.3 is 5.41 Å². The van der Waals surface area contributed by atoms with E-state index in [0.717, 1.165) is 5.56 Å². The maximum Gasteiger partial charge on any atom is 0.0250 e. The Labute approximate surface area is 74.9 Å². The van der Waals surface area contributed by atoms with Crippen LogP contribution in [0.2, 0.25) is 0 Å². The molecule has 0 saturated heterocycles. The predicted molar refractivity (Wildman–Crippen MR) is 55.1 cm³/mol. The van der Waals surface area contributed by atoms with Crippen LogP contribution in [-0.2, 0) is 0 Å². The van der Waals surface area contributed by atoms with E-state index in [0.29, 0.717) is 0 Å². The number of hydrogen-bond acceptors (Lipinski definition) is 1. The van der Waals surface area contributed by atoms with Gasteiger partial charge in [0.25, 0.3) is 0 Å². The van der Waals surface area contributed by atoms with Gasteiger partial charge in [-0.15, -0.1) is 0 Å². The molecule has 1 heteroatoms. The molecular formula is C11H17N. The first-order valence-corrected chi connectivity index (χ1v) is 4.32. The van der Waals surface area contributed by atoms with Gasteiger partial charge in [0.1, 0.15) is 0 Å². The van der Waals surface area contributed by atoms with E-state index in [1.165, 1.54) is 17.3 Å². The zero-order chi connectivity index (χ0) is 9.56. The molecule has 0 amide bonds. The fourth-order valence-electron chi connectivity index (χ4n) is 0.854. The van der Waals surface area contributed by atoms with E-state index < -0.39 is 0 Å². The molecule has 1 aromatic rings. The molecule has 0 aromatic heterocycles. The topological polar surface area (TPSA) is 23.9 Å². The van der Waals surface area contributed by atoms with Crippen molar-refractivity contribution in [3.8, 4) is 0 Å². The summed E-state index contributed by atoms with van der Waals surface area (Å²) in [4.78, 5) is 0. The maximum atomic E-state index is 6.99. The molecule has 0 spiro atoms. The molecule has 0 heterocycles. The van der Waals surface area contributed by atoms with Crippen LogP contribution in [-0.4, -0.2) is 6.21 Å². The van der Waals surface area contributed by atoms with Crippen LogP contribution in [0.3, 0.4) is 0 Å². The summed E-state index contributed by atoms with van der Waals surface area (Å²) in [6.45, 7) is 8.13. The van der Waals surface area contributed by atoms with Crippen molar-refractivity contribution in [3.63, 3.8) is 0 Å². The molecule has 0 aliphatic heterocycles. The van der Waals surface area contributed by atoms with Gasteiger partial charge in [0.05, 0.1) is 0 Å². The van der Waals surface area contributed by atoms with Crippen LogP contribution in [0.25, 0.3) is 0 Å². The number of nitrogens with one attached hydrogen (secondary N) is 1. The van der Waals surface area contributed by atoms with Gasteiger partial charge in [-0.3, -0.25) is 0 Å². The molecule has 66 valence electrons. The fraction of sp³-hybridized carbons (Fsp3) is 0.364. The summed E-state index contributed by atoms with van der Waals surface area (Å²) in [5.41, 5.74) is 3.51. The third-order valence-corrected chi connectivity index (χ3v) is 1.70. The quantitative estimate of drug-likeness (QED) is 0.614. The van der Waals surface area contributed by atoms with Crippen LogP contribution < -0.4 is 0 Å². The Morgan fingerprint density at radius 3 is 2.08 bits per heavy atom. The van der Waals surface area contributed by atoms with Gasteiger partial charge in [0.2, 0.25) is 0 Å². The summed E-state index contributed by atoms with van der Waals surface area (Å²) in [5.74, 6) is 0. The average Bonchev–Trinajstić information content (AvgIpc) is 2.13. The van der Waals surface area contributed by atoms with Crippen LogP contribution in [0.1, 0.15) is 30.5 Å². The second-order valence-electron chi connectivity index (χ2n) is 2.49. The lowest BCUT2D eigenvalue weighted by Crippen LogP contribution is -1.84. The molecule has 0 aliphatic rings. The summed E-state index contributed by atoms with van der Waals surface area (Å²) >= 11 is 0. The molecule has 1 N–H and O–H groups in total. The zero-order valence-corrected chi connectivity index (χ0v) is 8.31. The van der Waals surface area contributed by atoms with E-state index in [9.17, 15) is 0 Å². The molecule has 1 nitrogen and oxygen atoms in total. The predicted octanol–water partition coefficient (Wildman–Crippen LogP) is 3.33. The monoisotopic (exact) mass is 163 g/mol. The van der Waals surface area contributed by atoms with E-state index >= 15 is 0 Å². The zero-order valence-electron chi connectivity index (χ0n) is 8.31. The smallest absolute Gasteiger partial charge is 0.0250 e. The minimum Gasteiger partial charge on any atom is -0.308 e. The van der Waals surface area contributed by atoms with Crippen LogP contribution in [0.15, 0.2) is 18.2 Å². The van der Waals surface area contributed by atoms with Crippen molar-refractivity contribution in [2.75, 3.05) is 0 Å². The third-order valence-electron chi connectivity index (χ3n) is 1.70. The summed E-state index contributed by atoms with van der Waals surface area (Å²) < 4.78 is 0. The lowest BCUT2D eigenvalue weighted by atomic mass is 10.1. The summed E-state index contributed by atoms with van der Waals surface area (Å²) in [5, 5.41) is 6.99. The molecule has 0 radical (unpaired) electrons.